The van der Waals surface area contributed by atoms with Crippen LogP contribution < -0.4 is 21.1 Å². The number of hydrogen-bond donors (Lipinski definition) is 3. The van der Waals surface area contributed by atoms with E-state index in [1.54, 1.807) is 0 Å². The van der Waals surface area contributed by atoms with Crippen molar-refractivity contribution < 1.29 is 14.3 Å². The molecule has 8 heteroatoms. The lowest BCUT2D eigenvalue weighted by molar-refractivity contribution is -0.152. The zero-order chi connectivity index (χ0) is 30.0. The molecule has 4 N–H and O–H groups in total. The lowest BCUT2D eigenvalue weighted by Gasteiger charge is -2.45. The molecule has 8 nitrogen and oxygen atoms in total. The molecule has 43 heavy (non-hydrogen) atoms. The third-order valence-electron chi connectivity index (χ3n) is 8.40. The van der Waals surface area contributed by atoms with Crippen molar-refractivity contribution in [1.82, 2.24) is 20.4 Å². The fourth-order valence-electron chi connectivity index (χ4n) is 6.13. The molecule has 3 aromatic rings. The zero-order valence-corrected chi connectivity index (χ0v) is 24.8. The number of piperidine rings is 1. The van der Waals surface area contributed by atoms with Gasteiger partial charge < -0.3 is 26.0 Å². The van der Waals surface area contributed by atoms with Gasteiger partial charge in [-0.25, -0.2) is 0 Å². The normalized spacial score (nSPS) is 19.6. The van der Waals surface area contributed by atoms with E-state index >= 15 is 0 Å². The maximum atomic E-state index is 13.9. The first kappa shape index (κ1) is 30.2. The Bertz CT molecular complexity index is 1340. The number of nitrogens with two attached hydrogens (primary N) is 1. The van der Waals surface area contributed by atoms with Crippen LogP contribution in [0.25, 0.3) is 0 Å². The van der Waals surface area contributed by atoms with Gasteiger partial charge in [-0.05, 0) is 86.5 Å². The summed E-state index contributed by atoms with van der Waals surface area (Å²) in [6, 6.07) is 27.2. The molecule has 2 unspecified atom stereocenters. The Hall–Kier alpha value is -4.30. The van der Waals surface area contributed by atoms with Crippen molar-refractivity contribution >= 4 is 11.8 Å². The summed E-state index contributed by atoms with van der Waals surface area (Å²) in [7, 11) is 0. The van der Waals surface area contributed by atoms with E-state index in [0.717, 1.165) is 49.5 Å². The Morgan fingerprint density at radius 3 is 2.23 bits per heavy atom. The molecule has 3 aromatic carbocycles. The maximum absolute atomic E-state index is 13.9. The van der Waals surface area contributed by atoms with Gasteiger partial charge in [-0.1, -0.05) is 67.2 Å². The molecule has 2 atom stereocenters. The summed E-state index contributed by atoms with van der Waals surface area (Å²) >= 11 is 0. The third-order valence-corrected chi connectivity index (χ3v) is 8.40. The summed E-state index contributed by atoms with van der Waals surface area (Å²) in [6.45, 7) is 7.48. The average molecular weight is 582 g/mol. The Labute approximate surface area is 254 Å². The van der Waals surface area contributed by atoms with E-state index in [1.165, 1.54) is 5.56 Å². The Morgan fingerprint density at radius 2 is 1.56 bits per heavy atom. The van der Waals surface area contributed by atoms with Gasteiger partial charge in [-0.3, -0.25) is 14.5 Å². The Balaban J connectivity index is 1.23. The lowest BCUT2D eigenvalue weighted by Crippen LogP contribution is -2.66. The molecule has 2 amide bonds. The van der Waals surface area contributed by atoms with Gasteiger partial charge in [0, 0.05) is 19.6 Å². The molecular weight excluding hydrogens is 538 g/mol. The molecule has 0 bridgehead atoms. The molecule has 2 fully saturated rings. The number of benzene rings is 3. The topological polar surface area (TPSA) is 99.9 Å². The number of nitrogens with one attached hydrogen (secondary N) is 2. The van der Waals surface area contributed by atoms with Gasteiger partial charge in [-0.15, -0.1) is 0 Å². The number of rotatable bonds is 13. The van der Waals surface area contributed by atoms with Crippen LogP contribution in [0.5, 0.6) is 11.5 Å². The second-order valence-corrected chi connectivity index (χ2v) is 11.5. The van der Waals surface area contributed by atoms with Crippen LogP contribution in [0.4, 0.5) is 0 Å². The number of ether oxygens (including phenoxy) is 1. The SMILES string of the molecule is C=C(N)NCCCC1NC(=O)C(C2CCN(Cc3ccccc3)CC2)N(CCc2ccc(Oc3ccccc3)cc2)C1=O. The molecule has 2 aliphatic heterocycles. The van der Waals surface area contributed by atoms with Gasteiger partial charge in [0.05, 0.1) is 5.82 Å². The van der Waals surface area contributed by atoms with Crippen LogP contribution >= 0.6 is 0 Å². The highest BCUT2D eigenvalue weighted by atomic mass is 16.5. The second-order valence-electron chi connectivity index (χ2n) is 11.5. The minimum Gasteiger partial charge on any atom is -0.457 e. The monoisotopic (exact) mass is 581 g/mol. The van der Waals surface area contributed by atoms with E-state index in [-0.39, 0.29) is 17.7 Å². The summed E-state index contributed by atoms with van der Waals surface area (Å²) in [6.07, 6.45) is 3.68. The molecule has 2 aliphatic rings. The van der Waals surface area contributed by atoms with Crippen molar-refractivity contribution in [2.45, 2.75) is 50.7 Å². The van der Waals surface area contributed by atoms with Gasteiger partial charge in [0.25, 0.3) is 0 Å². The smallest absolute Gasteiger partial charge is 0.245 e. The van der Waals surface area contributed by atoms with Crippen molar-refractivity contribution in [1.29, 1.82) is 0 Å². The molecule has 0 aliphatic carbocycles. The highest BCUT2D eigenvalue weighted by Gasteiger charge is 2.44. The number of hydrogen-bond acceptors (Lipinski definition) is 6. The van der Waals surface area contributed by atoms with Gasteiger partial charge >= 0.3 is 0 Å². The molecule has 2 saturated heterocycles. The van der Waals surface area contributed by atoms with Crippen LogP contribution in [0.15, 0.2) is 97.3 Å². The standard InChI is InChI=1S/C35H43N5O3/c1-26(36)37-21-8-13-32-35(42)40(24-18-27-14-16-31(17-15-27)43-30-11-6-3-7-12-30)33(34(41)38-32)29-19-22-39(23-20-29)25-28-9-4-2-5-10-28/h2-7,9-12,14-17,29,32-33,37H,1,8,13,18-25,36H2,(H,38,41). The van der Waals surface area contributed by atoms with Crippen molar-refractivity contribution in [3.63, 3.8) is 0 Å². The maximum Gasteiger partial charge on any atom is 0.245 e. The highest BCUT2D eigenvalue weighted by Crippen LogP contribution is 2.29. The predicted molar refractivity (Wildman–Crippen MR) is 169 cm³/mol. The van der Waals surface area contributed by atoms with Crippen molar-refractivity contribution in [2.24, 2.45) is 11.7 Å². The van der Waals surface area contributed by atoms with E-state index in [4.69, 9.17) is 10.5 Å². The molecule has 0 aromatic heterocycles. The largest absolute Gasteiger partial charge is 0.457 e. The van der Waals surface area contributed by atoms with Crippen molar-refractivity contribution in [3.8, 4) is 11.5 Å². The third kappa shape index (κ3) is 8.38. The number of carbonyl (C=O) groups excluding carboxylic acids is 2. The summed E-state index contributed by atoms with van der Waals surface area (Å²) < 4.78 is 5.94. The van der Waals surface area contributed by atoms with E-state index in [1.807, 2.05) is 65.6 Å². The first-order chi connectivity index (χ1) is 21.0. The quantitative estimate of drug-likeness (QED) is 0.258. The van der Waals surface area contributed by atoms with Crippen LogP contribution in [0.2, 0.25) is 0 Å². The summed E-state index contributed by atoms with van der Waals surface area (Å²) in [5.41, 5.74) is 8.01. The minimum absolute atomic E-state index is 0.00641. The van der Waals surface area contributed by atoms with Crippen LogP contribution in [-0.4, -0.2) is 59.9 Å². The van der Waals surface area contributed by atoms with Crippen LogP contribution in [-0.2, 0) is 22.6 Å². The van der Waals surface area contributed by atoms with E-state index in [0.29, 0.717) is 38.2 Å². The average Bonchev–Trinajstić information content (AvgIpc) is 3.02. The number of nitrogens with zero attached hydrogens (tertiary/aromatic N) is 2. The number of carbonyl (C=O) groups is 2. The number of para-hydroxylation sites is 1. The predicted octanol–water partition coefficient (Wildman–Crippen LogP) is 4.43. The molecule has 5 rings (SSSR count). The van der Waals surface area contributed by atoms with Crippen LogP contribution in [0, 0.1) is 5.92 Å². The molecular formula is C35H43N5O3. The lowest BCUT2D eigenvalue weighted by atomic mass is 9.85. The number of amides is 2. The van der Waals surface area contributed by atoms with Crippen molar-refractivity contribution in [2.75, 3.05) is 26.2 Å². The van der Waals surface area contributed by atoms with E-state index in [9.17, 15) is 9.59 Å². The minimum atomic E-state index is -0.531. The van der Waals surface area contributed by atoms with Gasteiger partial charge in [0.15, 0.2) is 0 Å². The fraction of sp³-hybridized carbons (Fsp3) is 0.371. The van der Waals surface area contributed by atoms with Gasteiger partial charge in [-0.2, -0.15) is 0 Å². The van der Waals surface area contributed by atoms with E-state index in [2.05, 4.69) is 46.4 Å². The highest BCUT2D eigenvalue weighted by molar-refractivity contribution is 5.97. The fourth-order valence-corrected chi connectivity index (χ4v) is 6.13. The summed E-state index contributed by atoms with van der Waals surface area (Å²) in [5.74, 6) is 2.05. The second kappa shape index (κ2) is 14.7. The molecule has 0 radical (unpaired) electrons. The molecule has 2 heterocycles. The van der Waals surface area contributed by atoms with Gasteiger partial charge in [0.2, 0.25) is 11.8 Å². The number of likely N-dealkylation sites (tertiary alicyclic amines) is 1. The molecule has 226 valence electrons. The first-order valence-electron chi connectivity index (χ1n) is 15.3. The van der Waals surface area contributed by atoms with Crippen LogP contribution in [0.1, 0.15) is 36.8 Å². The van der Waals surface area contributed by atoms with E-state index < -0.39 is 12.1 Å². The number of piperazine rings is 1. The Morgan fingerprint density at radius 1 is 0.907 bits per heavy atom. The molecule has 0 spiro atoms. The summed E-state index contributed by atoms with van der Waals surface area (Å²) in [4.78, 5) is 31.8. The Kier molecular flexibility index (Phi) is 10.3. The van der Waals surface area contributed by atoms with Crippen LogP contribution in [0.3, 0.4) is 0 Å². The first-order valence-corrected chi connectivity index (χ1v) is 15.3. The summed E-state index contributed by atoms with van der Waals surface area (Å²) in [5, 5.41) is 6.07. The van der Waals surface area contributed by atoms with Crippen molar-refractivity contribution in [3.05, 3.63) is 108 Å². The van der Waals surface area contributed by atoms with Gasteiger partial charge in [0.1, 0.15) is 23.6 Å². The zero-order valence-electron chi connectivity index (χ0n) is 24.8. The molecule has 0 saturated carbocycles.